The molecule has 0 aliphatic carbocycles. The Balaban J connectivity index is 3.28. The summed E-state index contributed by atoms with van der Waals surface area (Å²) in [6.45, 7) is 1.63. The van der Waals surface area contributed by atoms with Crippen molar-refractivity contribution >= 4 is 28.9 Å². The average molecular weight is 209 g/mol. The lowest BCUT2D eigenvalue weighted by Gasteiger charge is -2.11. The summed E-state index contributed by atoms with van der Waals surface area (Å²) < 4.78 is 0. The first-order valence-electron chi connectivity index (χ1n) is 3.03. The molecule has 0 aliphatic heterocycles. The monoisotopic (exact) mass is 208 g/mol. The summed E-state index contributed by atoms with van der Waals surface area (Å²) in [4.78, 5) is 3.62. The van der Waals surface area contributed by atoms with Crippen molar-refractivity contribution in [3.8, 4) is 0 Å². The highest BCUT2D eigenvalue weighted by Crippen LogP contribution is 2.27. The van der Waals surface area contributed by atoms with Gasteiger partial charge in [-0.05, 0) is 18.6 Å². The lowest BCUT2D eigenvalue weighted by molar-refractivity contribution is 0.0287. The fraction of sp³-hybridized carbons (Fsp3) is 0.167. The minimum absolute atomic E-state index is 0.0288. The quantitative estimate of drug-likeness (QED) is 0.550. The maximum Gasteiger partial charge on any atom is 0.159 e. The Labute approximate surface area is 78.9 Å². The fourth-order valence-electron chi connectivity index (χ4n) is 0.829. The Morgan fingerprint density at radius 2 is 2.00 bits per heavy atom. The van der Waals surface area contributed by atoms with Gasteiger partial charge in [-0.15, -0.1) is 5.23 Å². The van der Waals surface area contributed by atoms with E-state index >= 15 is 0 Å². The van der Waals surface area contributed by atoms with Gasteiger partial charge in [-0.2, -0.15) is 0 Å². The molecule has 1 aromatic rings. The van der Waals surface area contributed by atoms with Crippen LogP contribution in [0.2, 0.25) is 10.3 Å². The molecule has 12 heavy (non-hydrogen) atoms. The highest BCUT2D eigenvalue weighted by molar-refractivity contribution is 6.34. The number of hydrogen-bond acceptors (Lipinski definition) is 4. The van der Waals surface area contributed by atoms with Crippen LogP contribution in [0.3, 0.4) is 0 Å². The van der Waals surface area contributed by atoms with E-state index in [4.69, 9.17) is 33.6 Å². The highest BCUT2D eigenvalue weighted by Gasteiger charge is 2.11. The summed E-state index contributed by atoms with van der Waals surface area (Å²) in [6, 6.07) is 1.47. The molecule has 0 fully saturated rings. The third-order valence-electron chi connectivity index (χ3n) is 1.31. The van der Waals surface area contributed by atoms with Crippen LogP contribution in [0.15, 0.2) is 6.07 Å². The maximum atomic E-state index is 8.70. The Morgan fingerprint density at radius 3 is 2.42 bits per heavy atom. The molecule has 1 aromatic heterocycles. The molecule has 0 radical (unpaired) electrons. The summed E-state index contributed by atoms with van der Waals surface area (Å²) in [5.41, 5.74) is 0.561. The third kappa shape index (κ3) is 1.78. The molecule has 0 saturated heterocycles. The molecule has 1 rings (SSSR count). The van der Waals surface area contributed by atoms with Crippen molar-refractivity contribution in [3.63, 3.8) is 0 Å². The molecule has 0 saturated carbocycles. The summed E-state index contributed by atoms with van der Waals surface area (Å²) >= 11 is 11.1. The van der Waals surface area contributed by atoms with Crippen LogP contribution in [-0.4, -0.2) is 15.4 Å². The van der Waals surface area contributed by atoms with Gasteiger partial charge >= 0.3 is 0 Å². The van der Waals surface area contributed by atoms with Gasteiger partial charge in [0.25, 0.3) is 0 Å². The van der Waals surface area contributed by atoms with Crippen molar-refractivity contribution in [1.82, 2.24) is 4.98 Å². The van der Waals surface area contributed by atoms with Crippen LogP contribution < -0.4 is 5.23 Å². The summed E-state index contributed by atoms with van der Waals surface area (Å²) in [5.74, 6) is 0. The van der Waals surface area contributed by atoms with E-state index in [1.165, 1.54) is 6.07 Å². The molecule has 0 amide bonds. The predicted molar refractivity (Wildman–Crippen MR) is 45.0 cm³/mol. The van der Waals surface area contributed by atoms with Gasteiger partial charge in [-0.1, -0.05) is 23.2 Å². The van der Waals surface area contributed by atoms with Gasteiger partial charge in [0.05, 0.1) is 0 Å². The van der Waals surface area contributed by atoms with E-state index in [0.717, 1.165) is 0 Å². The van der Waals surface area contributed by atoms with Crippen molar-refractivity contribution in [3.05, 3.63) is 21.9 Å². The van der Waals surface area contributed by atoms with Crippen LogP contribution in [0.5, 0.6) is 0 Å². The summed E-state index contributed by atoms with van der Waals surface area (Å²) in [5, 5.41) is 17.5. The normalized spacial score (nSPS) is 10.1. The van der Waals surface area contributed by atoms with E-state index < -0.39 is 0 Å². The average Bonchev–Trinajstić information content (AvgIpc) is 1.82. The molecule has 0 aromatic carbocycles. The van der Waals surface area contributed by atoms with Crippen LogP contribution >= 0.6 is 23.2 Å². The van der Waals surface area contributed by atoms with E-state index in [9.17, 15) is 0 Å². The van der Waals surface area contributed by atoms with Gasteiger partial charge in [-0.3, -0.25) is 10.4 Å². The SMILES string of the molecule is Cc1cc(Cl)nc(Cl)c1N(O)O. The second kappa shape index (κ2) is 3.45. The van der Waals surface area contributed by atoms with E-state index in [2.05, 4.69) is 4.98 Å². The Kier molecular flexibility index (Phi) is 2.74. The zero-order chi connectivity index (χ0) is 9.30. The Hall–Kier alpha value is -0.550. The molecule has 66 valence electrons. The standard InChI is InChI=1S/C6H6Cl2N2O2/c1-3-2-4(7)9-6(8)5(3)10(11)12/h2,11-12H,1H3. The third-order valence-corrected chi connectivity index (χ3v) is 1.77. The number of aromatic nitrogens is 1. The number of pyridine rings is 1. The minimum atomic E-state index is -0.0823. The molecule has 0 unspecified atom stereocenters. The maximum absolute atomic E-state index is 8.70. The first-order chi connectivity index (χ1) is 5.52. The molecular formula is C6H6Cl2N2O2. The molecule has 0 spiro atoms. The van der Waals surface area contributed by atoms with Crippen LogP contribution in [-0.2, 0) is 0 Å². The van der Waals surface area contributed by atoms with Crippen molar-refractivity contribution in [2.45, 2.75) is 6.92 Å². The molecule has 0 atom stereocenters. The van der Waals surface area contributed by atoms with Crippen LogP contribution in [0.1, 0.15) is 5.56 Å². The van der Waals surface area contributed by atoms with Crippen molar-refractivity contribution in [2.75, 3.05) is 5.23 Å². The van der Waals surface area contributed by atoms with Gasteiger partial charge in [0.1, 0.15) is 10.8 Å². The van der Waals surface area contributed by atoms with Gasteiger partial charge in [-0.25, -0.2) is 4.98 Å². The van der Waals surface area contributed by atoms with E-state index in [-0.39, 0.29) is 21.2 Å². The summed E-state index contributed by atoms with van der Waals surface area (Å²) in [6.07, 6.45) is 0. The number of aryl methyl sites for hydroxylation is 1. The lowest BCUT2D eigenvalue weighted by atomic mass is 10.2. The van der Waals surface area contributed by atoms with Crippen molar-refractivity contribution < 1.29 is 10.4 Å². The second-order valence-electron chi connectivity index (χ2n) is 2.19. The molecule has 4 nitrogen and oxygen atoms in total. The number of hydrogen-bond donors (Lipinski definition) is 2. The van der Waals surface area contributed by atoms with Crippen molar-refractivity contribution in [1.29, 1.82) is 0 Å². The number of halogens is 2. The Bertz CT molecular complexity index is 281. The Morgan fingerprint density at radius 1 is 1.42 bits per heavy atom. The predicted octanol–water partition coefficient (Wildman–Crippen LogP) is 2.28. The molecule has 2 N–H and O–H groups in total. The molecule has 1 heterocycles. The minimum Gasteiger partial charge on any atom is -0.264 e. The van der Waals surface area contributed by atoms with Gasteiger partial charge < -0.3 is 0 Å². The zero-order valence-corrected chi connectivity index (χ0v) is 7.63. The summed E-state index contributed by atoms with van der Waals surface area (Å²) in [7, 11) is 0. The lowest BCUT2D eigenvalue weighted by Crippen LogP contribution is -2.13. The van der Waals surface area contributed by atoms with E-state index in [1.807, 2.05) is 0 Å². The first-order valence-corrected chi connectivity index (χ1v) is 3.78. The number of nitrogens with zero attached hydrogens (tertiary/aromatic N) is 2. The van der Waals surface area contributed by atoms with Gasteiger partial charge in [0, 0.05) is 0 Å². The zero-order valence-electron chi connectivity index (χ0n) is 6.12. The van der Waals surface area contributed by atoms with Crippen LogP contribution in [0, 0.1) is 6.92 Å². The van der Waals surface area contributed by atoms with Gasteiger partial charge in [0.2, 0.25) is 0 Å². The molecule has 0 bridgehead atoms. The second-order valence-corrected chi connectivity index (χ2v) is 2.94. The molecule has 6 heteroatoms. The largest absolute Gasteiger partial charge is 0.264 e. The highest BCUT2D eigenvalue weighted by atomic mass is 35.5. The number of anilines is 1. The molecular weight excluding hydrogens is 203 g/mol. The topological polar surface area (TPSA) is 56.6 Å². The van der Waals surface area contributed by atoms with Crippen LogP contribution in [0.4, 0.5) is 5.69 Å². The molecule has 0 aliphatic rings. The number of rotatable bonds is 1. The fourth-order valence-corrected chi connectivity index (χ4v) is 1.44. The van der Waals surface area contributed by atoms with E-state index in [1.54, 1.807) is 6.92 Å². The van der Waals surface area contributed by atoms with Crippen molar-refractivity contribution in [2.24, 2.45) is 0 Å². The first kappa shape index (κ1) is 9.54. The van der Waals surface area contributed by atoms with Gasteiger partial charge in [0.15, 0.2) is 5.15 Å². The smallest absolute Gasteiger partial charge is 0.159 e. The van der Waals surface area contributed by atoms with Crippen LogP contribution in [0.25, 0.3) is 0 Å². The van der Waals surface area contributed by atoms with E-state index in [0.29, 0.717) is 5.56 Å².